The van der Waals surface area contributed by atoms with E-state index in [1.165, 1.54) is 4.68 Å². The van der Waals surface area contributed by atoms with Gasteiger partial charge in [-0.2, -0.15) is 0 Å². The summed E-state index contributed by atoms with van der Waals surface area (Å²) in [6.07, 6.45) is 2.57. The van der Waals surface area contributed by atoms with Crippen LogP contribution in [0.1, 0.15) is 26.0 Å². The first kappa shape index (κ1) is 15.6. The van der Waals surface area contributed by atoms with Crippen LogP contribution in [-0.2, 0) is 22.6 Å². The number of amides is 1. The zero-order valence-electron chi connectivity index (χ0n) is 11.8. The van der Waals surface area contributed by atoms with Crippen LogP contribution in [0.25, 0.3) is 0 Å². The number of hydrogen-bond acceptors (Lipinski definition) is 5. The summed E-state index contributed by atoms with van der Waals surface area (Å²) >= 11 is 0. The molecule has 0 saturated heterocycles. The number of ether oxygens (including phenoxy) is 1. The Morgan fingerprint density at radius 2 is 2.32 bits per heavy atom. The van der Waals surface area contributed by atoms with Crippen molar-refractivity contribution < 1.29 is 9.53 Å². The van der Waals surface area contributed by atoms with Crippen LogP contribution in [0.15, 0.2) is 6.20 Å². The van der Waals surface area contributed by atoms with Gasteiger partial charge in [-0.1, -0.05) is 19.1 Å². The number of nitrogens with zero attached hydrogens (tertiary/aromatic N) is 3. The maximum Gasteiger partial charge on any atom is 0.241 e. The van der Waals surface area contributed by atoms with Gasteiger partial charge in [0.25, 0.3) is 0 Å². The summed E-state index contributed by atoms with van der Waals surface area (Å²) in [5, 5.41) is 10.5. The van der Waals surface area contributed by atoms with Crippen molar-refractivity contribution in [2.45, 2.75) is 33.4 Å². The number of hydrogen-bond donors (Lipinski definition) is 2. The first-order chi connectivity index (χ1) is 8.96. The highest BCUT2D eigenvalue weighted by molar-refractivity contribution is 5.75. The fourth-order valence-corrected chi connectivity index (χ4v) is 1.52. The number of nitrogens with two attached hydrogens (primary N) is 1. The Kier molecular flexibility index (Phi) is 5.91. The SMILES string of the molecule is COCCC(C)(C)CNC(=O)Cn1cc(CN)nn1. The molecule has 1 aromatic rings. The van der Waals surface area contributed by atoms with Gasteiger partial charge < -0.3 is 15.8 Å². The second-order valence-electron chi connectivity index (χ2n) is 5.30. The number of carbonyl (C=O) groups is 1. The molecule has 0 fully saturated rings. The van der Waals surface area contributed by atoms with E-state index in [9.17, 15) is 4.79 Å². The van der Waals surface area contributed by atoms with Gasteiger partial charge in [0.15, 0.2) is 0 Å². The van der Waals surface area contributed by atoms with E-state index in [4.69, 9.17) is 10.5 Å². The van der Waals surface area contributed by atoms with Crippen molar-refractivity contribution in [1.82, 2.24) is 20.3 Å². The highest BCUT2D eigenvalue weighted by Gasteiger charge is 2.18. The maximum absolute atomic E-state index is 11.8. The molecule has 1 amide bonds. The molecule has 0 atom stereocenters. The van der Waals surface area contributed by atoms with E-state index in [0.29, 0.717) is 25.4 Å². The first-order valence-electron chi connectivity index (χ1n) is 6.31. The highest BCUT2D eigenvalue weighted by atomic mass is 16.5. The van der Waals surface area contributed by atoms with E-state index in [2.05, 4.69) is 29.5 Å². The van der Waals surface area contributed by atoms with Crippen molar-refractivity contribution >= 4 is 5.91 Å². The van der Waals surface area contributed by atoms with E-state index in [1.54, 1.807) is 13.3 Å². The van der Waals surface area contributed by atoms with Crippen LogP contribution < -0.4 is 11.1 Å². The van der Waals surface area contributed by atoms with Crippen LogP contribution in [0.4, 0.5) is 0 Å². The lowest BCUT2D eigenvalue weighted by molar-refractivity contribution is -0.122. The van der Waals surface area contributed by atoms with Gasteiger partial charge in [0.2, 0.25) is 5.91 Å². The van der Waals surface area contributed by atoms with Crippen molar-refractivity contribution in [3.05, 3.63) is 11.9 Å². The average molecular weight is 269 g/mol. The minimum Gasteiger partial charge on any atom is -0.385 e. The molecule has 0 aliphatic rings. The fraction of sp³-hybridized carbons (Fsp3) is 0.750. The van der Waals surface area contributed by atoms with E-state index in [1.807, 2.05) is 0 Å². The largest absolute Gasteiger partial charge is 0.385 e. The van der Waals surface area contributed by atoms with Gasteiger partial charge >= 0.3 is 0 Å². The molecule has 0 radical (unpaired) electrons. The number of carbonyl (C=O) groups excluding carboxylic acids is 1. The van der Waals surface area contributed by atoms with Gasteiger partial charge in [0.05, 0.1) is 11.9 Å². The quantitative estimate of drug-likeness (QED) is 0.688. The van der Waals surface area contributed by atoms with Crippen LogP contribution >= 0.6 is 0 Å². The highest BCUT2D eigenvalue weighted by Crippen LogP contribution is 2.18. The van der Waals surface area contributed by atoms with E-state index in [0.717, 1.165) is 6.42 Å². The molecule has 0 spiro atoms. The predicted molar refractivity (Wildman–Crippen MR) is 71.2 cm³/mol. The van der Waals surface area contributed by atoms with Gasteiger partial charge in [0.1, 0.15) is 6.54 Å². The molecule has 3 N–H and O–H groups in total. The summed E-state index contributed by atoms with van der Waals surface area (Å²) in [6.45, 7) is 5.96. The van der Waals surface area contributed by atoms with Crippen molar-refractivity contribution in [2.75, 3.05) is 20.3 Å². The van der Waals surface area contributed by atoms with Crippen LogP contribution in [0.3, 0.4) is 0 Å². The Morgan fingerprint density at radius 1 is 1.58 bits per heavy atom. The number of aromatic nitrogens is 3. The summed E-state index contributed by atoms with van der Waals surface area (Å²) < 4.78 is 6.53. The van der Waals surface area contributed by atoms with Crippen molar-refractivity contribution in [3.8, 4) is 0 Å². The minimum atomic E-state index is -0.0843. The minimum absolute atomic E-state index is 0.0104. The molecule has 1 rings (SSSR count). The Labute approximate surface area is 113 Å². The van der Waals surface area contributed by atoms with Gasteiger partial charge in [-0.3, -0.25) is 4.79 Å². The molecule has 0 unspecified atom stereocenters. The Bertz CT molecular complexity index is 403. The normalized spacial score (nSPS) is 11.6. The predicted octanol–water partition coefficient (Wildman–Crippen LogP) is -0.0843. The molecule has 0 aromatic carbocycles. The number of nitrogens with one attached hydrogen (secondary N) is 1. The standard InChI is InChI=1S/C12H23N5O2/c1-12(2,4-5-19-3)9-14-11(18)8-17-7-10(6-13)15-16-17/h7H,4-6,8-9,13H2,1-3H3,(H,14,18). The zero-order valence-corrected chi connectivity index (χ0v) is 11.8. The monoisotopic (exact) mass is 269 g/mol. The molecule has 0 aliphatic carbocycles. The van der Waals surface area contributed by atoms with E-state index < -0.39 is 0 Å². The summed E-state index contributed by atoms with van der Waals surface area (Å²) in [5.74, 6) is -0.0843. The number of rotatable bonds is 8. The van der Waals surface area contributed by atoms with Crippen LogP contribution in [0, 0.1) is 5.41 Å². The molecular weight excluding hydrogens is 246 g/mol. The van der Waals surface area contributed by atoms with E-state index >= 15 is 0 Å². The molecule has 7 heteroatoms. The fourth-order valence-electron chi connectivity index (χ4n) is 1.52. The molecule has 0 bridgehead atoms. The third kappa shape index (κ3) is 5.80. The lowest BCUT2D eigenvalue weighted by Gasteiger charge is -2.24. The Balaban J connectivity index is 2.35. The van der Waals surface area contributed by atoms with Gasteiger partial charge in [-0.05, 0) is 11.8 Å². The molecule has 1 heterocycles. The van der Waals surface area contributed by atoms with Crippen molar-refractivity contribution in [1.29, 1.82) is 0 Å². The molecule has 0 aliphatic heterocycles. The molecule has 108 valence electrons. The molecule has 7 nitrogen and oxygen atoms in total. The van der Waals surface area contributed by atoms with Crippen LogP contribution in [-0.4, -0.2) is 41.2 Å². The summed E-state index contributed by atoms with van der Waals surface area (Å²) in [5.41, 5.74) is 6.11. The van der Waals surface area contributed by atoms with Gasteiger partial charge in [-0.25, -0.2) is 4.68 Å². The summed E-state index contributed by atoms with van der Waals surface area (Å²) in [7, 11) is 1.68. The number of methoxy groups -OCH3 is 1. The lowest BCUT2D eigenvalue weighted by atomic mass is 9.90. The zero-order chi connectivity index (χ0) is 14.3. The van der Waals surface area contributed by atoms with Crippen LogP contribution in [0.2, 0.25) is 0 Å². The lowest BCUT2D eigenvalue weighted by Crippen LogP contribution is -2.36. The van der Waals surface area contributed by atoms with Crippen molar-refractivity contribution in [3.63, 3.8) is 0 Å². The summed E-state index contributed by atoms with van der Waals surface area (Å²) in [6, 6.07) is 0. The average Bonchev–Trinajstić information content (AvgIpc) is 2.82. The Morgan fingerprint density at radius 3 is 2.89 bits per heavy atom. The van der Waals surface area contributed by atoms with E-state index in [-0.39, 0.29) is 17.9 Å². The summed E-state index contributed by atoms with van der Waals surface area (Å²) in [4.78, 5) is 11.8. The second kappa shape index (κ2) is 7.20. The molecule has 1 aromatic heterocycles. The molecule has 0 saturated carbocycles. The maximum atomic E-state index is 11.8. The van der Waals surface area contributed by atoms with Crippen LogP contribution in [0.5, 0.6) is 0 Å². The first-order valence-corrected chi connectivity index (χ1v) is 6.31. The molecular formula is C12H23N5O2. The van der Waals surface area contributed by atoms with Gasteiger partial charge in [-0.15, -0.1) is 5.10 Å². The van der Waals surface area contributed by atoms with Crippen molar-refractivity contribution in [2.24, 2.45) is 11.1 Å². The van der Waals surface area contributed by atoms with Gasteiger partial charge in [0, 0.05) is 26.8 Å². The third-order valence-electron chi connectivity index (χ3n) is 2.85. The topological polar surface area (TPSA) is 95.1 Å². The smallest absolute Gasteiger partial charge is 0.241 e. The molecule has 19 heavy (non-hydrogen) atoms. The second-order valence-corrected chi connectivity index (χ2v) is 5.30. The third-order valence-corrected chi connectivity index (χ3v) is 2.85. The Hall–Kier alpha value is -1.47.